The lowest BCUT2D eigenvalue weighted by atomic mass is 10.1. The highest BCUT2D eigenvalue weighted by Crippen LogP contribution is 2.26. The van der Waals surface area contributed by atoms with Crippen LogP contribution >= 0.6 is 24.0 Å². The van der Waals surface area contributed by atoms with Gasteiger partial charge in [0.05, 0.1) is 18.2 Å². The Kier molecular flexibility index (Phi) is 9.37. The molecule has 0 heterocycles. The Bertz CT molecular complexity index is 528. The summed E-state index contributed by atoms with van der Waals surface area (Å²) < 4.78 is 5.63. The van der Waals surface area contributed by atoms with Crippen LogP contribution in [0.4, 0.5) is 0 Å². The van der Waals surface area contributed by atoms with Gasteiger partial charge in [0.15, 0.2) is 5.96 Å². The minimum absolute atomic E-state index is 0. The molecular weight excluding hydrogens is 325 g/mol. The van der Waals surface area contributed by atoms with Crippen molar-refractivity contribution in [2.45, 2.75) is 26.8 Å². The summed E-state index contributed by atoms with van der Waals surface area (Å²) in [6.07, 6.45) is 0.984. The highest BCUT2D eigenvalue weighted by molar-refractivity contribution is 6.32. The van der Waals surface area contributed by atoms with Gasteiger partial charge in [-0.25, -0.2) is 4.99 Å². The summed E-state index contributed by atoms with van der Waals surface area (Å²) >= 11 is 6.17. The van der Waals surface area contributed by atoms with Gasteiger partial charge in [-0.05, 0) is 30.0 Å². The third-order valence-corrected chi connectivity index (χ3v) is 2.91. The summed E-state index contributed by atoms with van der Waals surface area (Å²) in [5.41, 5.74) is 16.8. The highest BCUT2D eigenvalue weighted by atomic mass is 35.5. The summed E-state index contributed by atoms with van der Waals surface area (Å²) in [5, 5.41) is 0.548. The van der Waals surface area contributed by atoms with Crippen LogP contribution in [0.2, 0.25) is 5.02 Å². The lowest BCUT2D eigenvalue weighted by Gasteiger charge is -2.10. The van der Waals surface area contributed by atoms with Gasteiger partial charge < -0.3 is 21.9 Å². The van der Waals surface area contributed by atoms with Crippen LogP contribution < -0.4 is 21.9 Å². The van der Waals surface area contributed by atoms with Crippen molar-refractivity contribution in [1.82, 2.24) is 0 Å². The molecule has 8 heteroatoms. The van der Waals surface area contributed by atoms with Crippen LogP contribution in [0.1, 0.15) is 25.8 Å². The van der Waals surface area contributed by atoms with Gasteiger partial charge in [-0.3, -0.25) is 0 Å². The van der Waals surface area contributed by atoms with Gasteiger partial charge in [0.2, 0.25) is 5.96 Å². The number of rotatable bonds is 6. The average molecular weight is 348 g/mol. The molecule has 0 atom stereocenters. The van der Waals surface area contributed by atoms with Crippen LogP contribution in [0, 0.1) is 5.92 Å². The van der Waals surface area contributed by atoms with Gasteiger partial charge in [0.1, 0.15) is 5.75 Å². The van der Waals surface area contributed by atoms with Crippen LogP contribution in [0.5, 0.6) is 5.75 Å². The molecule has 1 aromatic rings. The van der Waals surface area contributed by atoms with E-state index < -0.39 is 0 Å². The molecule has 0 unspecified atom stereocenters. The van der Waals surface area contributed by atoms with E-state index in [1.165, 1.54) is 0 Å². The second-order valence-electron chi connectivity index (χ2n) is 5.01. The maximum Gasteiger partial charge on any atom is 0.218 e. The standard InChI is InChI=1S/C14H22ClN5O.ClH/c1-9(2)5-6-21-12-4-3-10(7-11(12)15)8-19-14(18)20-13(16)17;/h3-4,7,9H,5-6,8H2,1-2H3,(H6,16,17,18,19,20);1H. The Labute approximate surface area is 142 Å². The topological polar surface area (TPSA) is 112 Å². The van der Waals surface area contributed by atoms with Crippen LogP contribution in [-0.2, 0) is 6.54 Å². The van der Waals surface area contributed by atoms with E-state index in [0.717, 1.165) is 12.0 Å². The third kappa shape index (κ3) is 7.95. The van der Waals surface area contributed by atoms with Crippen LogP contribution in [0.3, 0.4) is 0 Å². The molecule has 22 heavy (non-hydrogen) atoms. The number of guanidine groups is 2. The lowest BCUT2D eigenvalue weighted by molar-refractivity contribution is 0.289. The van der Waals surface area contributed by atoms with E-state index in [-0.39, 0.29) is 24.3 Å². The van der Waals surface area contributed by atoms with Gasteiger partial charge in [0.25, 0.3) is 0 Å². The second kappa shape index (κ2) is 10.1. The van der Waals surface area contributed by atoms with Crippen molar-refractivity contribution in [3.05, 3.63) is 28.8 Å². The number of hydrogen-bond acceptors (Lipinski definition) is 2. The van der Waals surface area contributed by atoms with Crippen molar-refractivity contribution < 1.29 is 4.74 Å². The molecule has 0 aliphatic carbocycles. The number of halogens is 2. The first-order valence-electron chi connectivity index (χ1n) is 6.69. The SMILES string of the molecule is CC(C)CCOc1ccc(CN=C(N)N=C(N)N)cc1Cl.Cl. The van der Waals surface area contributed by atoms with E-state index >= 15 is 0 Å². The first-order chi connectivity index (χ1) is 9.88. The molecule has 0 saturated heterocycles. The van der Waals surface area contributed by atoms with E-state index in [4.69, 9.17) is 33.5 Å². The number of aliphatic imine (C=N–C) groups is 2. The Morgan fingerprint density at radius 3 is 2.50 bits per heavy atom. The van der Waals surface area contributed by atoms with Crippen molar-refractivity contribution in [3.8, 4) is 5.75 Å². The summed E-state index contributed by atoms with van der Waals surface area (Å²) in [6.45, 7) is 5.28. The zero-order valence-corrected chi connectivity index (χ0v) is 14.3. The van der Waals surface area contributed by atoms with Crippen molar-refractivity contribution in [2.75, 3.05) is 6.61 Å². The Morgan fingerprint density at radius 1 is 1.27 bits per heavy atom. The molecular formula is C14H23Cl2N5O. The molecule has 6 nitrogen and oxygen atoms in total. The molecule has 0 spiro atoms. The molecule has 1 aromatic carbocycles. The van der Waals surface area contributed by atoms with Gasteiger partial charge in [-0.2, -0.15) is 4.99 Å². The van der Waals surface area contributed by atoms with E-state index in [1.54, 1.807) is 6.07 Å². The number of ether oxygens (including phenoxy) is 1. The van der Waals surface area contributed by atoms with E-state index in [9.17, 15) is 0 Å². The first-order valence-corrected chi connectivity index (χ1v) is 7.07. The first kappa shape index (κ1) is 20.3. The molecule has 0 fully saturated rings. The normalized spacial score (nSPS) is 11.0. The number of benzene rings is 1. The quantitative estimate of drug-likeness (QED) is 0.541. The maximum atomic E-state index is 6.17. The molecule has 0 aromatic heterocycles. The predicted octanol–water partition coefficient (Wildman–Crippen LogP) is 2.27. The third-order valence-electron chi connectivity index (χ3n) is 2.62. The van der Waals surface area contributed by atoms with Gasteiger partial charge >= 0.3 is 0 Å². The van der Waals surface area contributed by atoms with E-state index in [2.05, 4.69) is 23.8 Å². The highest BCUT2D eigenvalue weighted by Gasteiger charge is 2.04. The molecule has 6 N–H and O–H groups in total. The number of nitrogens with two attached hydrogens (primary N) is 3. The smallest absolute Gasteiger partial charge is 0.218 e. The zero-order chi connectivity index (χ0) is 15.8. The summed E-state index contributed by atoms with van der Waals surface area (Å²) in [6, 6.07) is 5.49. The average Bonchev–Trinajstić information content (AvgIpc) is 2.37. The zero-order valence-electron chi connectivity index (χ0n) is 12.8. The summed E-state index contributed by atoms with van der Waals surface area (Å²) in [7, 11) is 0. The summed E-state index contributed by atoms with van der Waals surface area (Å²) in [5.74, 6) is 1.17. The minimum Gasteiger partial charge on any atom is -0.492 e. The molecule has 0 aliphatic heterocycles. The van der Waals surface area contributed by atoms with E-state index in [1.807, 2.05) is 12.1 Å². The van der Waals surface area contributed by atoms with E-state index in [0.29, 0.717) is 29.8 Å². The molecule has 0 aliphatic rings. The Hall–Kier alpha value is -1.66. The van der Waals surface area contributed by atoms with Crippen LogP contribution in [0.25, 0.3) is 0 Å². The molecule has 0 saturated carbocycles. The molecule has 0 amide bonds. The second-order valence-corrected chi connectivity index (χ2v) is 5.41. The fourth-order valence-corrected chi connectivity index (χ4v) is 1.76. The number of hydrogen-bond donors (Lipinski definition) is 3. The van der Waals surface area contributed by atoms with Crippen molar-refractivity contribution in [1.29, 1.82) is 0 Å². The van der Waals surface area contributed by atoms with Gasteiger partial charge in [-0.1, -0.05) is 31.5 Å². The maximum absolute atomic E-state index is 6.17. The predicted molar refractivity (Wildman–Crippen MR) is 94.8 cm³/mol. The van der Waals surface area contributed by atoms with Crippen molar-refractivity contribution in [2.24, 2.45) is 33.1 Å². The molecule has 1 rings (SSSR count). The Balaban J connectivity index is 0.00000441. The Morgan fingerprint density at radius 2 is 1.95 bits per heavy atom. The fourth-order valence-electron chi connectivity index (χ4n) is 1.50. The fraction of sp³-hybridized carbons (Fsp3) is 0.429. The molecule has 124 valence electrons. The minimum atomic E-state index is -0.122. The van der Waals surface area contributed by atoms with Crippen LogP contribution in [0.15, 0.2) is 28.2 Å². The van der Waals surface area contributed by atoms with Gasteiger partial charge in [-0.15, -0.1) is 12.4 Å². The summed E-state index contributed by atoms with van der Waals surface area (Å²) in [4.78, 5) is 7.67. The van der Waals surface area contributed by atoms with Crippen molar-refractivity contribution >= 4 is 35.9 Å². The number of nitrogens with zero attached hydrogens (tertiary/aromatic N) is 2. The lowest BCUT2D eigenvalue weighted by Crippen LogP contribution is -2.26. The monoisotopic (exact) mass is 347 g/mol. The molecule has 0 bridgehead atoms. The molecule has 0 radical (unpaired) electrons. The largest absolute Gasteiger partial charge is 0.492 e. The van der Waals surface area contributed by atoms with Crippen LogP contribution in [-0.4, -0.2) is 18.5 Å². The van der Waals surface area contributed by atoms with Crippen molar-refractivity contribution in [3.63, 3.8) is 0 Å². The van der Waals surface area contributed by atoms with Gasteiger partial charge in [0, 0.05) is 0 Å².